The first-order valence-corrected chi connectivity index (χ1v) is 11.1. The van der Waals surface area contributed by atoms with E-state index >= 15 is 0 Å². The van der Waals surface area contributed by atoms with Gasteiger partial charge in [0.2, 0.25) is 0 Å². The first kappa shape index (κ1) is 24.6. The quantitative estimate of drug-likeness (QED) is 0.220. The number of hydrogen-bond acceptors (Lipinski definition) is 2. The molecule has 0 atom stereocenters. The van der Waals surface area contributed by atoms with Gasteiger partial charge >= 0.3 is 0 Å². The van der Waals surface area contributed by atoms with Crippen molar-refractivity contribution in [3.63, 3.8) is 0 Å². The molecule has 4 heteroatoms. The fraction of sp³-hybridized carbons (Fsp3) is 0.167. The molecule has 3 rings (SSSR count). The third-order valence-corrected chi connectivity index (χ3v) is 4.97. The second-order valence-electron chi connectivity index (χ2n) is 7.61. The van der Waals surface area contributed by atoms with Crippen LogP contribution >= 0.6 is 12.2 Å². The Morgan fingerprint density at radius 1 is 0.735 bits per heavy atom. The van der Waals surface area contributed by atoms with Crippen molar-refractivity contribution in [2.75, 3.05) is 0 Å². The molecule has 0 heterocycles. The highest BCUT2D eigenvalue weighted by Gasteiger charge is 2.09. The predicted molar refractivity (Wildman–Crippen MR) is 137 cm³/mol. The van der Waals surface area contributed by atoms with Crippen LogP contribution in [-0.2, 0) is 0 Å². The number of benzene rings is 3. The molecule has 0 fully saturated rings. The summed E-state index contributed by atoms with van der Waals surface area (Å²) in [5.41, 5.74) is 5.16. The average molecular weight is 466 g/mol. The molecule has 34 heavy (non-hydrogen) atoms. The van der Waals surface area contributed by atoms with Gasteiger partial charge in [0.1, 0.15) is 5.69 Å². The molecule has 0 bridgehead atoms. The van der Waals surface area contributed by atoms with Crippen LogP contribution in [-0.4, -0.2) is 5.16 Å². The lowest BCUT2D eigenvalue weighted by molar-refractivity contribution is 0.587. The van der Waals surface area contributed by atoms with E-state index in [1.165, 1.54) is 0 Å². The van der Waals surface area contributed by atoms with Crippen LogP contribution in [0.15, 0.2) is 53.5 Å². The highest BCUT2D eigenvalue weighted by molar-refractivity contribution is 7.78. The lowest BCUT2D eigenvalue weighted by Gasteiger charge is -2.05. The molecule has 0 aliphatic heterocycles. The first-order chi connectivity index (χ1) is 16.4. The van der Waals surface area contributed by atoms with E-state index in [0.717, 1.165) is 58.4 Å². The average Bonchev–Trinajstić information content (AvgIpc) is 2.80. The number of rotatable bonds is 2. The topological polar surface area (TPSA) is 12.4 Å². The van der Waals surface area contributed by atoms with Crippen LogP contribution in [0.1, 0.15) is 58.7 Å². The minimum Gasteiger partial charge on any atom is -0.204 e. The zero-order chi connectivity index (χ0) is 24.5. The minimum absolute atomic E-state index is 0.212. The number of unbranched alkanes of at least 4 members (excludes halogenated alkanes) is 1. The molecule has 1 nitrogen and oxygen atoms in total. The number of aliphatic imine (C=N–C) groups is 1. The number of thiocarbonyl (C=S) groups is 1. The van der Waals surface area contributed by atoms with Crippen molar-refractivity contribution in [1.82, 2.24) is 0 Å². The van der Waals surface area contributed by atoms with E-state index in [1.807, 2.05) is 55.4 Å². The summed E-state index contributed by atoms with van der Waals surface area (Å²) in [6, 6.07) is 14.0. The molecule has 3 aromatic rings. The van der Waals surface area contributed by atoms with Crippen molar-refractivity contribution in [1.29, 1.82) is 0 Å². The maximum Gasteiger partial charge on any atom is 0.153 e. The predicted octanol–water partition coefficient (Wildman–Crippen LogP) is 7.27. The Morgan fingerprint density at radius 2 is 1.24 bits per heavy atom. The summed E-state index contributed by atoms with van der Waals surface area (Å²) in [7, 11) is 0. The van der Waals surface area contributed by atoms with Gasteiger partial charge in [-0.1, -0.05) is 42.4 Å². The van der Waals surface area contributed by atoms with E-state index in [2.05, 4.69) is 59.7 Å². The Labute approximate surface area is 205 Å². The molecule has 0 aliphatic carbocycles. The van der Waals surface area contributed by atoms with Gasteiger partial charge in [-0.3, -0.25) is 0 Å². The number of halogens is 2. The Balaban J connectivity index is 1.83. The minimum atomic E-state index is -0.832. The normalized spacial score (nSPS) is 9.44. The number of isothiocyanates is 1. The van der Waals surface area contributed by atoms with Gasteiger partial charge in [-0.25, -0.2) is 8.78 Å². The van der Waals surface area contributed by atoms with Crippen LogP contribution in [0.2, 0.25) is 0 Å². The summed E-state index contributed by atoms with van der Waals surface area (Å²) in [5.74, 6) is 16.8. The monoisotopic (exact) mass is 465 g/mol. The molecule has 166 valence electrons. The molecule has 0 N–H and O–H groups in total. The standard InChI is InChI=1S/C30H21F2NS/c1-4-5-6-7-23-8-10-24(11-9-23)12-13-25-16-21(2)27(22(3)17-25)15-14-26-18-28(31)30(33-20-34)29(32)19-26/h8-11,16-19H,4-5H2,1-3H3. The van der Waals surface area contributed by atoms with Crippen molar-refractivity contribution < 1.29 is 8.78 Å². The summed E-state index contributed by atoms with van der Waals surface area (Å²) in [5, 5.41) is 1.97. The van der Waals surface area contributed by atoms with Gasteiger partial charge in [-0.2, -0.15) is 4.99 Å². The van der Waals surface area contributed by atoms with Crippen molar-refractivity contribution in [3.05, 3.63) is 99.1 Å². The SMILES string of the molecule is CCCC#Cc1ccc(C#Cc2cc(C)c(C#Cc3cc(F)c(N=C=S)c(F)c3)c(C)c2)cc1. The molecular weight excluding hydrogens is 444 g/mol. The Kier molecular flexibility index (Phi) is 8.51. The molecule has 0 radical (unpaired) electrons. The molecule has 0 unspecified atom stereocenters. The molecule has 0 saturated heterocycles. The van der Waals surface area contributed by atoms with Crippen molar-refractivity contribution >= 4 is 23.1 Å². The fourth-order valence-corrected chi connectivity index (χ4v) is 3.32. The molecule has 0 saturated carbocycles. The van der Waals surface area contributed by atoms with Gasteiger partial charge < -0.3 is 0 Å². The molecule has 0 amide bonds. The number of aryl methyl sites for hydroxylation is 2. The van der Waals surface area contributed by atoms with E-state index in [0.29, 0.717) is 0 Å². The highest BCUT2D eigenvalue weighted by atomic mass is 32.1. The van der Waals surface area contributed by atoms with Crippen molar-refractivity contribution in [2.24, 2.45) is 4.99 Å². The molecular formula is C30H21F2NS. The number of nitrogens with zero attached hydrogens (tertiary/aromatic N) is 1. The third-order valence-electron chi connectivity index (χ3n) is 4.88. The van der Waals surface area contributed by atoms with Crippen molar-refractivity contribution in [2.45, 2.75) is 33.6 Å². The lowest BCUT2D eigenvalue weighted by atomic mass is 9.99. The second kappa shape index (κ2) is 11.7. The number of hydrogen-bond donors (Lipinski definition) is 0. The molecule has 0 aromatic heterocycles. The van der Waals surface area contributed by atoms with Crippen molar-refractivity contribution in [3.8, 4) is 35.5 Å². The maximum absolute atomic E-state index is 14.0. The van der Waals surface area contributed by atoms with Crippen LogP contribution < -0.4 is 0 Å². The van der Waals surface area contributed by atoms with E-state index in [-0.39, 0.29) is 5.56 Å². The summed E-state index contributed by atoms with van der Waals surface area (Å²) in [4.78, 5) is 3.41. The molecule has 3 aromatic carbocycles. The highest BCUT2D eigenvalue weighted by Crippen LogP contribution is 2.23. The van der Waals surface area contributed by atoms with E-state index < -0.39 is 17.3 Å². The second-order valence-corrected chi connectivity index (χ2v) is 7.79. The van der Waals surface area contributed by atoms with Gasteiger partial charge in [0.25, 0.3) is 0 Å². The van der Waals surface area contributed by atoms with Gasteiger partial charge in [0.15, 0.2) is 11.6 Å². The summed E-state index contributed by atoms with van der Waals surface area (Å²) in [6.45, 7) is 5.98. The van der Waals surface area contributed by atoms with Crippen LogP contribution in [0.5, 0.6) is 0 Å². The Morgan fingerprint density at radius 3 is 1.79 bits per heavy atom. The zero-order valence-electron chi connectivity index (χ0n) is 19.1. The van der Waals surface area contributed by atoms with Crippen LogP contribution in [0.3, 0.4) is 0 Å². The van der Waals surface area contributed by atoms with Gasteiger partial charge in [0.05, 0.1) is 5.16 Å². The van der Waals surface area contributed by atoms with Crippen LogP contribution in [0, 0.1) is 61.0 Å². The third kappa shape index (κ3) is 6.51. The fourth-order valence-electron chi connectivity index (χ4n) is 3.23. The largest absolute Gasteiger partial charge is 0.204 e. The molecule has 0 aliphatic rings. The zero-order valence-corrected chi connectivity index (χ0v) is 20.0. The van der Waals surface area contributed by atoms with E-state index in [1.54, 1.807) is 0 Å². The van der Waals surface area contributed by atoms with Gasteiger partial charge in [0, 0.05) is 34.2 Å². The van der Waals surface area contributed by atoms with Crippen LogP contribution in [0.25, 0.3) is 0 Å². The van der Waals surface area contributed by atoms with Gasteiger partial charge in [-0.05, 0) is 92.1 Å². The Bertz CT molecular complexity index is 1410. The lowest BCUT2D eigenvalue weighted by Crippen LogP contribution is -1.91. The summed E-state index contributed by atoms with van der Waals surface area (Å²) in [6.07, 6.45) is 1.94. The smallest absolute Gasteiger partial charge is 0.153 e. The summed E-state index contributed by atoms with van der Waals surface area (Å²) >= 11 is 4.42. The maximum atomic E-state index is 14.0. The Hall–Kier alpha value is -4.00. The summed E-state index contributed by atoms with van der Waals surface area (Å²) < 4.78 is 28.1. The van der Waals surface area contributed by atoms with E-state index in [9.17, 15) is 8.78 Å². The van der Waals surface area contributed by atoms with Crippen LogP contribution in [0.4, 0.5) is 14.5 Å². The van der Waals surface area contributed by atoms with E-state index in [4.69, 9.17) is 0 Å². The van der Waals surface area contributed by atoms with Gasteiger partial charge in [-0.15, -0.1) is 0 Å². The first-order valence-electron chi connectivity index (χ1n) is 10.7. The molecule has 0 spiro atoms.